The average Bonchev–Trinajstić information content (AvgIpc) is 1.05. The van der Waals surface area contributed by atoms with Crippen molar-refractivity contribution < 1.29 is 134 Å². The lowest BCUT2D eigenvalue weighted by atomic mass is 9.90. The number of halogens is 1. The van der Waals surface area contributed by atoms with E-state index < -0.39 is 170 Å². The smallest absolute Gasteiger partial charge is 0.409 e. The molecule has 7 atom stereocenters. The first-order valence-corrected chi connectivity index (χ1v) is 44.4. The topological polar surface area (TPSA) is 577 Å². The Hall–Kier alpha value is -9.19. The number of nitrogens with two attached hydrogens (primary N) is 3. The number of aliphatic imine (C=N–C) groups is 2. The summed E-state index contributed by atoms with van der Waals surface area (Å²) in [5.74, 6) is -15.2. The molecule has 0 aromatic heterocycles. The SMILES string of the molecule is NC(=O)COCC(=O)CCCOCCOCCOCCCC(=O)[C@@H]1CSCC(=O)N[C@@H](CCCCNC(=O)COCC(=O)NCCOCCOCCOCCOCCOCCNC(=O)OCN=Cc2ccccc2)C(=O)N[C@H]2CSSC[C@H](NC(=O)[C@H](CC(=O)O)CC(=O)CNC(=O)[C@H](CCCN=C(N)N)CC2=O)C(=O)C[C@@H](Cc2ccccc2)C(=O)N1.[18FH]. The fourth-order valence-corrected chi connectivity index (χ4v) is 14.8. The molecule has 2 fully saturated rings. The first-order chi connectivity index (χ1) is 59.4. The maximum atomic E-state index is 14.9. The third-order valence-electron chi connectivity index (χ3n) is 17.8. The number of alkyl carbamates (subject to hydrolysis) is 1. The van der Waals surface area contributed by atoms with E-state index >= 15 is 0 Å². The van der Waals surface area contributed by atoms with Gasteiger partial charge >= 0.3 is 12.1 Å². The highest BCUT2D eigenvalue weighted by Gasteiger charge is 2.36. The highest BCUT2D eigenvalue weighted by molar-refractivity contribution is 8.76. The molecular weight excluding hydrogens is 1690 g/mol. The van der Waals surface area contributed by atoms with Gasteiger partial charge in [0.2, 0.25) is 47.3 Å². The Labute approximate surface area is 731 Å². The predicted octanol–water partition coefficient (Wildman–Crippen LogP) is -0.611. The highest BCUT2D eigenvalue weighted by Crippen LogP contribution is 2.28. The van der Waals surface area contributed by atoms with Gasteiger partial charge < -0.3 is 117 Å². The zero-order valence-electron chi connectivity index (χ0n) is 69.8. The van der Waals surface area contributed by atoms with Crippen molar-refractivity contribution in [3.63, 3.8) is 0 Å². The minimum absolute atomic E-state index is 0. The number of carboxylic acids is 1. The maximum absolute atomic E-state index is 14.9. The number of hydrogen-bond acceptors (Lipinski definition) is 31. The molecule has 2 heterocycles. The molecule has 2 aromatic carbocycles. The molecule has 4 rings (SSSR count). The van der Waals surface area contributed by atoms with Gasteiger partial charge in [0, 0.05) is 107 Å². The van der Waals surface area contributed by atoms with E-state index in [-0.39, 0.29) is 209 Å². The number of primary amides is 1. The quantitative estimate of drug-likeness (QED) is 0.0170. The summed E-state index contributed by atoms with van der Waals surface area (Å²) in [6.45, 7) is 2.33. The summed E-state index contributed by atoms with van der Waals surface area (Å²) in [5.41, 5.74) is 17.6. The Balaban J connectivity index is 0.0000397. The lowest BCUT2D eigenvalue weighted by Crippen LogP contribution is -2.53. The fourth-order valence-electron chi connectivity index (χ4n) is 11.6. The Morgan fingerprint density at radius 2 is 1.03 bits per heavy atom. The zero-order valence-corrected chi connectivity index (χ0v) is 72.3. The molecule has 15 N–H and O–H groups in total. The molecule has 0 spiro atoms. The summed E-state index contributed by atoms with van der Waals surface area (Å²) in [6.07, 6.45) is -0.441. The monoisotopic (exact) mass is 1810 g/mol. The van der Waals surface area contributed by atoms with Crippen molar-refractivity contribution in [1.29, 1.82) is 0 Å². The minimum atomic E-state index is -1.55. The number of unbranched alkanes of at least 4 members (excludes halogenated alkanes) is 1. The van der Waals surface area contributed by atoms with Crippen molar-refractivity contribution in [2.45, 2.75) is 114 Å². The van der Waals surface area contributed by atoms with Gasteiger partial charge in [0.05, 0.1) is 135 Å². The Bertz CT molecular complexity index is 3610. The summed E-state index contributed by atoms with van der Waals surface area (Å²) in [7, 11) is 1.97. The second kappa shape index (κ2) is 69.1. The van der Waals surface area contributed by atoms with Gasteiger partial charge in [-0.2, -0.15) is 0 Å². The van der Waals surface area contributed by atoms with Crippen LogP contribution in [-0.4, -0.2) is 324 Å². The van der Waals surface area contributed by atoms with E-state index in [1.54, 1.807) is 36.5 Å². The predicted molar refractivity (Wildman–Crippen MR) is 456 cm³/mol. The van der Waals surface area contributed by atoms with Crippen LogP contribution in [0.3, 0.4) is 0 Å². The van der Waals surface area contributed by atoms with Crippen molar-refractivity contribution >= 4 is 134 Å². The van der Waals surface area contributed by atoms with Crippen molar-refractivity contribution in [3.05, 3.63) is 71.8 Å². The van der Waals surface area contributed by atoms with E-state index in [1.807, 2.05) is 30.3 Å². The lowest BCUT2D eigenvalue weighted by Gasteiger charge is -2.26. The van der Waals surface area contributed by atoms with Gasteiger partial charge in [-0.15, -0.1) is 11.8 Å². The Morgan fingerprint density at radius 1 is 0.508 bits per heavy atom. The third-order valence-corrected chi connectivity index (χ3v) is 21.3. The van der Waals surface area contributed by atoms with Crippen LogP contribution >= 0.6 is 33.3 Å². The molecule has 40 nitrogen and oxygen atoms in total. The van der Waals surface area contributed by atoms with Gasteiger partial charge in [0.15, 0.2) is 41.6 Å². The summed E-state index contributed by atoms with van der Waals surface area (Å²) < 4.78 is 59.5. The molecule has 2 aliphatic rings. The molecule has 2 saturated heterocycles. The number of carbonyl (C=O) groups excluding carboxylic acids is 14. The number of ether oxygens (including phenoxy) is 11. The number of aliphatic carboxylic acids is 1. The number of rotatable bonds is 57. The summed E-state index contributed by atoms with van der Waals surface area (Å²) in [4.78, 5) is 210. The minimum Gasteiger partial charge on any atom is -0.481 e. The van der Waals surface area contributed by atoms with E-state index in [4.69, 9.17) is 69.3 Å². The molecule has 0 unspecified atom stereocenters. The summed E-state index contributed by atoms with van der Waals surface area (Å²) in [5, 5.41) is 31.3. The molecule has 44 heteroatoms. The van der Waals surface area contributed by atoms with E-state index in [2.05, 4.69) is 52.5 Å². The van der Waals surface area contributed by atoms with Crippen LogP contribution in [0.4, 0.5) is 9.50 Å². The molecule has 2 bridgehead atoms. The Kier molecular flexibility index (Phi) is 60.7. The van der Waals surface area contributed by atoms with Crippen LogP contribution < -0.4 is 59.7 Å². The maximum Gasteiger partial charge on any atom is 0.409 e. The number of fused-ring (bicyclic) bond motifs is 5. The largest absolute Gasteiger partial charge is 0.481 e. The molecule has 0 aliphatic carbocycles. The second-order valence-corrected chi connectivity index (χ2v) is 31.6. The van der Waals surface area contributed by atoms with Crippen LogP contribution in [0.25, 0.3) is 0 Å². The average molecular weight is 1810 g/mol. The molecule has 2 aliphatic heterocycles. The van der Waals surface area contributed by atoms with Crippen LogP contribution in [0.5, 0.6) is 0 Å². The van der Waals surface area contributed by atoms with Crippen LogP contribution in [-0.2, 0) is 126 Å². The van der Waals surface area contributed by atoms with Crippen molar-refractivity contribution in [3.8, 4) is 0 Å². The van der Waals surface area contributed by atoms with E-state index in [0.717, 1.165) is 38.9 Å². The van der Waals surface area contributed by atoms with Crippen molar-refractivity contribution in [2.75, 3.05) is 195 Å². The zero-order chi connectivity index (χ0) is 89.3. The van der Waals surface area contributed by atoms with E-state index in [1.165, 1.54) is 0 Å². The number of amides is 9. The molecule has 124 heavy (non-hydrogen) atoms. The number of Topliss-reactive ketones (excluding diaryl/α,β-unsaturated/α-hetero) is 5. The van der Waals surface area contributed by atoms with Gasteiger partial charge in [-0.25, -0.2) is 4.79 Å². The van der Waals surface area contributed by atoms with Crippen LogP contribution in [0.15, 0.2) is 70.6 Å². The van der Waals surface area contributed by atoms with Crippen molar-refractivity contribution in [1.82, 2.24) is 42.5 Å². The second-order valence-electron chi connectivity index (χ2n) is 28.0. The number of carboxylic acid groups (broad SMARTS) is 1. The van der Waals surface area contributed by atoms with Crippen LogP contribution in [0, 0.1) is 17.8 Å². The fraction of sp³-hybridized carbons (Fsp3) is 0.637. The first-order valence-electron chi connectivity index (χ1n) is 40.7. The number of hydrogen-bond donors (Lipinski definition) is 12. The molecule has 2 aromatic rings. The Morgan fingerprint density at radius 3 is 1.61 bits per heavy atom. The van der Waals surface area contributed by atoms with Crippen LogP contribution in [0.1, 0.15) is 94.6 Å². The van der Waals surface area contributed by atoms with Gasteiger partial charge in [-0.05, 0) is 62.5 Å². The van der Waals surface area contributed by atoms with Gasteiger partial charge in [0.25, 0.3) is 0 Å². The number of nitrogens with one attached hydrogen (secondary N) is 8. The molecule has 0 saturated carbocycles. The summed E-state index contributed by atoms with van der Waals surface area (Å²) in [6, 6.07) is 12.6. The number of ketones is 5. The number of carbonyl (C=O) groups is 15. The number of benzene rings is 2. The normalized spacial score (nSPS) is 18.6. The van der Waals surface area contributed by atoms with Crippen LogP contribution in [0.2, 0.25) is 0 Å². The number of thioether (sulfide) groups is 1. The van der Waals surface area contributed by atoms with Gasteiger partial charge in [-0.1, -0.05) is 82.3 Å². The first kappa shape index (κ1) is 109. The number of nitrogens with zero attached hydrogens (tertiary/aromatic N) is 2. The van der Waals surface area contributed by atoms with Gasteiger partial charge in [0.1, 0.15) is 32.5 Å². The highest BCUT2D eigenvalue weighted by atomic mass is 33.1. The molecule has 694 valence electrons. The van der Waals surface area contributed by atoms with Crippen molar-refractivity contribution in [2.24, 2.45) is 44.9 Å². The van der Waals surface area contributed by atoms with Gasteiger partial charge in [-0.3, -0.25) is 81.8 Å². The molecular formula is C80H122FN13O27S3. The van der Waals surface area contributed by atoms with E-state index in [0.29, 0.717) is 51.6 Å². The van der Waals surface area contributed by atoms with E-state index in [9.17, 15) is 77.0 Å². The molecule has 0 radical (unpaired) electrons. The standard InChI is InChI=1S/C80H121N13O27S3.FH/c81-70(99)48-118-47-61(94)17-10-24-110-28-32-114-33-29-111-25-11-19-67(96)64-51-121-54-73(102)90-63(18-7-8-20-85-71(100)49-119-50-72(101)86-22-26-112-30-34-115-36-38-117-39-37-116-35-31-113-27-23-88-80(109)120-55-84-45-57-14-5-2-6-15-57)78(108)93-66-53-123-122-52-65(69(98)43-59(76(106)91-64)40-56-12-3-1-4-13-56)92-77(107)60(44-74(103)104)41-62(95)46-89-75(105)58(42-68(66)97)16-9-21-87-79(82)83;/h1-6,12-15,45,58-60,63-66H,7-11,16-44,46-55H2,(H2,81,99)(H,85,100)(H,86,101)(H,88,109)(H,89,105)(H,90,102)(H,91,106)(H,92,107)(H,93,108)(H,103,104)(H4,82,83,87);1H/t58-,59-,60+,63+,64+,65+,66+;/m1./s1/i;1-1. The summed E-state index contributed by atoms with van der Waals surface area (Å²) >= 11 is 0.947. The third kappa shape index (κ3) is 54.5. The lowest BCUT2D eigenvalue weighted by molar-refractivity contribution is -0.142. The number of guanidine groups is 1. The molecule has 9 amide bonds.